The van der Waals surface area contributed by atoms with Gasteiger partial charge in [-0.3, -0.25) is 4.79 Å². The SMILES string of the molecule is CCCNCC(=O)c1ccc(Cl)cc1Cl. The van der Waals surface area contributed by atoms with Crippen LogP contribution in [-0.2, 0) is 0 Å². The Kier molecular flexibility index (Phi) is 5.09. The Hall–Kier alpha value is -0.570. The number of carbonyl (C=O) groups is 1. The monoisotopic (exact) mass is 245 g/mol. The molecule has 0 unspecified atom stereocenters. The molecule has 0 fully saturated rings. The summed E-state index contributed by atoms with van der Waals surface area (Å²) in [7, 11) is 0. The largest absolute Gasteiger partial charge is 0.310 e. The van der Waals surface area contributed by atoms with Crippen molar-refractivity contribution in [3.05, 3.63) is 33.8 Å². The van der Waals surface area contributed by atoms with Crippen LogP contribution in [0.1, 0.15) is 23.7 Å². The van der Waals surface area contributed by atoms with E-state index in [-0.39, 0.29) is 5.78 Å². The number of hydrogen-bond acceptors (Lipinski definition) is 2. The van der Waals surface area contributed by atoms with Gasteiger partial charge in [0.25, 0.3) is 0 Å². The van der Waals surface area contributed by atoms with Gasteiger partial charge in [0.1, 0.15) is 0 Å². The molecule has 0 radical (unpaired) electrons. The summed E-state index contributed by atoms with van der Waals surface area (Å²) >= 11 is 11.6. The lowest BCUT2D eigenvalue weighted by Crippen LogP contribution is -2.23. The summed E-state index contributed by atoms with van der Waals surface area (Å²) in [4.78, 5) is 11.7. The normalized spacial score (nSPS) is 10.3. The Labute approximate surface area is 99.6 Å². The van der Waals surface area contributed by atoms with Gasteiger partial charge >= 0.3 is 0 Å². The van der Waals surface area contributed by atoms with Gasteiger partial charge in [-0.2, -0.15) is 0 Å². The zero-order valence-corrected chi connectivity index (χ0v) is 10.0. The predicted octanol–water partition coefficient (Wildman–Crippen LogP) is 3.18. The minimum absolute atomic E-state index is 0.00915. The van der Waals surface area contributed by atoms with E-state index in [9.17, 15) is 4.79 Å². The Balaban J connectivity index is 2.65. The smallest absolute Gasteiger partial charge is 0.178 e. The number of carbonyl (C=O) groups excluding carboxylic acids is 1. The van der Waals surface area contributed by atoms with E-state index in [2.05, 4.69) is 5.32 Å². The van der Waals surface area contributed by atoms with Crippen LogP contribution in [0.4, 0.5) is 0 Å². The molecule has 0 spiro atoms. The van der Waals surface area contributed by atoms with Crippen LogP contribution in [0.5, 0.6) is 0 Å². The van der Waals surface area contributed by atoms with E-state index in [0.29, 0.717) is 22.2 Å². The molecule has 0 atom stereocenters. The molecule has 0 saturated carbocycles. The molecule has 1 aromatic carbocycles. The minimum atomic E-state index is -0.00915. The molecule has 0 aromatic heterocycles. The number of rotatable bonds is 5. The average molecular weight is 246 g/mol. The molecule has 2 nitrogen and oxygen atoms in total. The summed E-state index contributed by atoms with van der Waals surface area (Å²) in [6, 6.07) is 4.90. The van der Waals surface area contributed by atoms with Gasteiger partial charge in [-0.25, -0.2) is 0 Å². The summed E-state index contributed by atoms with van der Waals surface area (Å²) in [6.45, 7) is 3.19. The maximum atomic E-state index is 11.7. The topological polar surface area (TPSA) is 29.1 Å². The van der Waals surface area contributed by atoms with Gasteiger partial charge in [0.15, 0.2) is 5.78 Å². The second-order valence-electron chi connectivity index (χ2n) is 3.22. The number of benzene rings is 1. The predicted molar refractivity (Wildman–Crippen MR) is 64.0 cm³/mol. The van der Waals surface area contributed by atoms with Gasteiger partial charge in [0.2, 0.25) is 0 Å². The van der Waals surface area contributed by atoms with Gasteiger partial charge in [0.05, 0.1) is 11.6 Å². The fourth-order valence-electron chi connectivity index (χ4n) is 1.19. The highest BCUT2D eigenvalue weighted by molar-refractivity contribution is 6.36. The number of Topliss-reactive ketones (excluding diaryl/α,β-unsaturated/α-hetero) is 1. The summed E-state index contributed by atoms with van der Waals surface area (Å²) < 4.78 is 0. The molecule has 4 heteroatoms. The second-order valence-corrected chi connectivity index (χ2v) is 4.07. The molecule has 1 N–H and O–H groups in total. The lowest BCUT2D eigenvalue weighted by molar-refractivity contribution is 0.0991. The Bertz CT molecular complexity index is 352. The molecule has 82 valence electrons. The molecule has 15 heavy (non-hydrogen) atoms. The number of nitrogens with one attached hydrogen (secondary N) is 1. The van der Waals surface area contributed by atoms with E-state index in [1.165, 1.54) is 0 Å². The first kappa shape index (κ1) is 12.5. The van der Waals surface area contributed by atoms with E-state index >= 15 is 0 Å². The molecule has 0 aliphatic heterocycles. The van der Waals surface area contributed by atoms with Gasteiger partial charge in [0, 0.05) is 10.6 Å². The van der Waals surface area contributed by atoms with E-state index in [1.54, 1.807) is 18.2 Å². The first-order valence-electron chi connectivity index (χ1n) is 4.84. The molecule has 0 aliphatic rings. The lowest BCUT2D eigenvalue weighted by Gasteiger charge is -2.04. The standard InChI is InChI=1S/C11H13Cl2NO/c1-2-5-14-7-11(15)9-4-3-8(12)6-10(9)13/h3-4,6,14H,2,5,7H2,1H3. The third-order valence-electron chi connectivity index (χ3n) is 1.94. The van der Waals surface area contributed by atoms with Gasteiger partial charge < -0.3 is 5.32 Å². The van der Waals surface area contributed by atoms with Crippen molar-refractivity contribution in [1.82, 2.24) is 5.32 Å². The Morgan fingerprint density at radius 3 is 2.73 bits per heavy atom. The van der Waals surface area contributed by atoms with Crippen LogP contribution in [0.25, 0.3) is 0 Å². The van der Waals surface area contributed by atoms with Crippen molar-refractivity contribution in [3.8, 4) is 0 Å². The third kappa shape index (κ3) is 3.82. The van der Waals surface area contributed by atoms with Crippen molar-refractivity contribution in [2.75, 3.05) is 13.1 Å². The Morgan fingerprint density at radius 2 is 2.13 bits per heavy atom. The molecule has 1 rings (SSSR count). The second kappa shape index (κ2) is 6.11. The average Bonchev–Trinajstić information content (AvgIpc) is 2.17. The van der Waals surface area contributed by atoms with Crippen molar-refractivity contribution in [2.45, 2.75) is 13.3 Å². The van der Waals surface area contributed by atoms with Gasteiger partial charge in [-0.1, -0.05) is 30.1 Å². The molecular formula is C11H13Cl2NO. The lowest BCUT2D eigenvalue weighted by atomic mass is 10.1. The summed E-state index contributed by atoms with van der Waals surface area (Å²) in [5.74, 6) is -0.00915. The fourth-order valence-corrected chi connectivity index (χ4v) is 1.70. The van der Waals surface area contributed by atoms with Gasteiger partial charge in [-0.05, 0) is 31.2 Å². The molecule has 0 amide bonds. The first-order valence-corrected chi connectivity index (χ1v) is 5.59. The molecular weight excluding hydrogens is 233 g/mol. The molecule has 0 aliphatic carbocycles. The first-order chi connectivity index (χ1) is 7.15. The summed E-state index contributed by atoms with van der Waals surface area (Å²) in [5.41, 5.74) is 0.518. The van der Waals surface area contributed by atoms with Crippen molar-refractivity contribution < 1.29 is 4.79 Å². The van der Waals surface area contributed by atoms with Crippen molar-refractivity contribution in [2.24, 2.45) is 0 Å². The molecule has 0 heterocycles. The van der Waals surface area contributed by atoms with E-state index in [4.69, 9.17) is 23.2 Å². The molecule has 0 bridgehead atoms. The zero-order valence-electron chi connectivity index (χ0n) is 8.52. The zero-order chi connectivity index (χ0) is 11.3. The maximum absolute atomic E-state index is 11.7. The number of hydrogen-bond donors (Lipinski definition) is 1. The van der Waals surface area contributed by atoms with Crippen molar-refractivity contribution in [3.63, 3.8) is 0 Å². The summed E-state index contributed by atoms with van der Waals surface area (Å²) in [6.07, 6.45) is 1.00. The van der Waals surface area contributed by atoms with Crippen LogP contribution in [0.3, 0.4) is 0 Å². The summed E-state index contributed by atoms with van der Waals surface area (Å²) in [5, 5.41) is 3.98. The van der Waals surface area contributed by atoms with Crippen LogP contribution >= 0.6 is 23.2 Å². The highest BCUT2D eigenvalue weighted by atomic mass is 35.5. The van der Waals surface area contributed by atoms with Gasteiger partial charge in [-0.15, -0.1) is 0 Å². The molecule has 0 saturated heterocycles. The van der Waals surface area contributed by atoms with E-state index in [0.717, 1.165) is 13.0 Å². The highest BCUT2D eigenvalue weighted by Gasteiger charge is 2.09. The van der Waals surface area contributed by atoms with E-state index in [1.807, 2.05) is 6.92 Å². The van der Waals surface area contributed by atoms with Crippen LogP contribution in [-0.4, -0.2) is 18.9 Å². The number of ketones is 1. The minimum Gasteiger partial charge on any atom is -0.310 e. The molecule has 1 aromatic rings. The van der Waals surface area contributed by atoms with Crippen LogP contribution in [0, 0.1) is 0 Å². The Morgan fingerprint density at radius 1 is 1.40 bits per heavy atom. The van der Waals surface area contributed by atoms with Crippen LogP contribution < -0.4 is 5.32 Å². The number of halogens is 2. The fraction of sp³-hybridized carbons (Fsp3) is 0.364. The van der Waals surface area contributed by atoms with Crippen LogP contribution in [0.2, 0.25) is 10.0 Å². The maximum Gasteiger partial charge on any atom is 0.178 e. The van der Waals surface area contributed by atoms with Crippen molar-refractivity contribution in [1.29, 1.82) is 0 Å². The quantitative estimate of drug-likeness (QED) is 0.638. The van der Waals surface area contributed by atoms with Crippen LogP contribution in [0.15, 0.2) is 18.2 Å². The van der Waals surface area contributed by atoms with E-state index < -0.39 is 0 Å². The third-order valence-corrected chi connectivity index (χ3v) is 2.49. The highest BCUT2D eigenvalue weighted by Crippen LogP contribution is 2.21. The van der Waals surface area contributed by atoms with Crippen molar-refractivity contribution >= 4 is 29.0 Å².